The first-order valence-electron chi connectivity index (χ1n) is 2.69. The summed E-state index contributed by atoms with van der Waals surface area (Å²) in [5, 5.41) is 0. The quantitative estimate of drug-likeness (QED) is 0.441. The van der Waals surface area contributed by atoms with Crippen LogP contribution in [0.15, 0.2) is 12.2 Å². The number of Topliss-reactive ketones (excluding diaryl/α,β-unsaturated/α-hetero) is 1. The summed E-state index contributed by atoms with van der Waals surface area (Å²) in [6.45, 7) is 7.06. The maximum atomic E-state index is 9.44. The molecular formula is C7H14O. The minimum absolute atomic E-state index is 0.167. The van der Waals surface area contributed by atoms with Crippen molar-refractivity contribution in [1.29, 1.82) is 0 Å². The van der Waals surface area contributed by atoms with Crippen LogP contribution in [0.5, 0.6) is 0 Å². The van der Waals surface area contributed by atoms with Gasteiger partial charge in [-0.25, -0.2) is 0 Å². The Balaban J connectivity index is 0. The third kappa shape index (κ3) is 626. The summed E-state index contributed by atoms with van der Waals surface area (Å²) in [6.07, 6.45) is 4.00. The van der Waals surface area contributed by atoms with Crippen LogP contribution in [0.1, 0.15) is 27.7 Å². The van der Waals surface area contributed by atoms with E-state index >= 15 is 0 Å². The van der Waals surface area contributed by atoms with Crippen molar-refractivity contribution in [1.82, 2.24) is 0 Å². The van der Waals surface area contributed by atoms with Crippen LogP contribution in [0.25, 0.3) is 0 Å². The number of carbonyl (C=O) groups excluding carboxylic acids is 1. The van der Waals surface area contributed by atoms with Crippen molar-refractivity contribution in [2.45, 2.75) is 27.7 Å². The highest BCUT2D eigenvalue weighted by atomic mass is 16.1. The standard InChI is InChI=1S/C4H8.C3H6O/c1-3-4-2;1-3(2)4/h3-4H,1-2H3;1-2H3. The van der Waals surface area contributed by atoms with Crippen molar-refractivity contribution in [3.8, 4) is 0 Å². The highest BCUT2D eigenvalue weighted by molar-refractivity contribution is 5.72. The lowest BCUT2D eigenvalue weighted by Gasteiger charge is -1.56. The zero-order valence-corrected chi connectivity index (χ0v) is 6.06. The van der Waals surface area contributed by atoms with Gasteiger partial charge in [-0.3, -0.25) is 0 Å². The van der Waals surface area contributed by atoms with Gasteiger partial charge in [-0.05, 0) is 27.7 Å². The van der Waals surface area contributed by atoms with Gasteiger partial charge in [0.2, 0.25) is 0 Å². The molecule has 0 amide bonds. The first-order valence-corrected chi connectivity index (χ1v) is 2.69. The van der Waals surface area contributed by atoms with Gasteiger partial charge in [0.1, 0.15) is 5.78 Å². The molecule has 0 aliphatic carbocycles. The first kappa shape index (κ1) is 10.4. The van der Waals surface area contributed by atoms with Crippen LogP contribution in [-0.2, 0) is 4.79 Å². The molecule has 1 heteroatoms. The summed E-state index contributed by atoms with van der Waals surface area (Å²) in [5.74, 6) is 0.167. The largest absolute Gasteiger partial charge is 0.300 e. The summed E-state index contributed by atoms with van der Waals surface area (Å²) >= 11 is 0. The average Bonchev–Trinajstić information content (AvgIpc) is 1.65. The number of hydrogen-bond acceptors (Lipinski definition) is 1. The second-order valence-corrected chi connectivity index (χ2v) is 1.57. The lowest BCUT2D eigenvalue weighted by Crippen LogP contribution is -1.69. The molecule has 0 bridgehead atoms. The molecule has 0 aromatic carbocycles. The van der Waals surface area contributed by atoms with Crippen molar-refractivity contribution in [3.05, 3.63) is 12.2 Å². The van der Waals surface area contributed by atoms with Crippen LogP contribution in [0.3, 0.4) is 0 Å². The average molecular weight is 114 g/mol. The third-order valence-corrected chi connectivity index (χ3v) is 0.333. The van der Waals surface area contributed by atoms with Gasteiger partial charge in [0, 0.05) is 0 Å². The zero-order chi connectivity index (χ0) is 6.99. The molecule has 0 radical (unpaired) electrons. The van der Waals surface area contributed by atoms with E-state index in [1.54, 1.807) is 0 Å². The first-order chi connectivity index (χ1) is 3.65. The Morgan fingerprint density at radius 3 is 1.25 bits per heavy atom. The number of allylic oxidation sites excluding steroid dienone is 2. The van der Waals surface area contributed by atoms with Crippen LogP contribution in [0, 0.1) is 0 Å². The summed E-state index contributed by atoms with van der Waals surface area (Å²) in [4.78, 5) is 9.44. The summed E-state index contributed by atoms with van der Waals surface area (Å²) < 4.78 is 0. The maximum Gasteiger partial charge on any atom is 0.126 e. The molecule has 0 atom stereocenters. The molecule has 0 unspecified atom stereocenters. The van der Waals surface area contributed by atoms with Crippen molar-refractivity contribution < 1.29 is 4.79 Å². The molecule has 0 aromatic rings. The number of carbonyl (C=O) groups is 1. The van der Waals surface area contributed by atoms with Crippen LogP contribution in [0.4, 0.5) is 0 Å². The van der Waals surface area contributed by atoms with Crippen molar-refractivity contribution in [3.63, 3.8) is 0 Å². The lowest BCUT2D eigenvalue weighted by molar-refractivity contribution is -0.114. The van der Waals surface area contributed by atoms with E-state index < -0.39 is 0 Å². The molecule has 48 valence electrons. The predicted octanol–water partition coefficient (Wildman–Crippen LogP) is 2.18. The normalized spacial score (nSPS) is 8.00. The number of rotatable bonds is 0. The molecular weight excluding hydrogens is 100 g/mol. The van der Waals surface area contributed by atoms with Crippen molar-refractivity contribution in [2.75, 3.05) is 0 Å². The summed E-state index contributed by atoms with van der Waals surface area (Å²) in [5.41, 5.74) is 0. The fraction of sp³-hybridized carbons (Fsp3) is 0.571. The Kier molecular flexibility index (Phi) is 12.5. The molecule has 0 rings (SSSR count). The van der Waals surface area contributed by atoms with Gasteiger partial charge in [0.05, 0.1) is 0 Å². The van der Waals surface area contributed by atoms with Gasteiger partial charge in [-0.15, -0.1) is 0 Å². The second-order valence-electron chi connectivity index (χ2n) is 1.57. The molecule has 0 saturated heterocycles. The molecule has 0 N–H and O–H groups in total. The Morgan fingerprint density at radius 1 is 1.12 bits per heavy atom. The summed E-state index contributed by atoms with van der Waals surface area (Å²) in [7, 11) is 0. The molecule has 0 aliphatic heterocycles. The van der Waals surface area contributed by atoms with E-state index in [0.29, 0.717) is 0 Å². The number of ketones is 1. The predicted molar refractivity (Wildman–Crippen MR) is 36.8 cm³/mol. The molecule has 0 saturated carbocycles. The fourth-order valence-electron chi connectivity index (χ4n) is 0. The van der Waals surface area contributed by atoms with E-state index in [0.717, 1.165) is 0 Å². The van der Waals surface area contributed by atoms with E-state index in [2.05, 4.69) is 0 Å². The zero-order valence-electron chi connectivity index (χ0n) is 6.06. The highest BCUT2D eigenvalue weighted by Crippen LogP contribution is 1.57. The van der Waals surface area contributed by atoms with E-state index in [-0.39, 0.29) is 5.78 Å². The molecule has 0 heterocycles. The van der Waals surface area contributed by atoms with Crippen LogP contribution < -0.4 is 0 Å². The second kappa shape index (κ2) is 9.65. The third-order valence-electron chi connectivity index (χ3n) is 0.333. The highest BCUT2D eigenvalue weighted by Gasteiger charge is 1.62. The molecule has 0 aromatic heterocycles. The Hall–Kier alpha value is -0.590. The van der Waals surface area contributed by atoms with E-state index in [1.165, 1.54) is 13.8 Å². The minimum atomic E-state index is 0.167. The van der Waals surface area contributed by atoms with Gasteiger partial charge in [0.25, 0.3) is 0 Å². The van der Waals surface area contributed by atoms with E-state index in [4.69, 9.17) is 0 Å². The van der Waals surface area contributed by atoms with Gasteiger partial charge < -0.3 is 4.79 Å². The SMILES string of the molecule is CC(C)=O.CC=CC. The lowest BCUT2D eigenvalue weighted by atomic mass is 10.6. The molecule has 8 heavy (non-hydrogen) atoms. The fourth-order valence-corrected chi connectivity index (χ4v) is 0. The van der Waals surface area contributed by atoms with E-state index in [9.17, 15) is 4.79 Å². The van der Waals surface area contributed by atoms with Crippen molar-refractivity contribution in [2.24, 2.45) is 0 Å². The minimum Gasteiger partial charge on any atom is -0.300 e. The van der Waals surface area contributed by atoms with E-state index in [1.807, 2.05) is 26.0 Å². The topological polar surface area (TPSA) is 17.1 Å². The Morgan fingerprint density at radius 2 is 1.25 bits per heavy atom. The Labute approximate surface area is 51.4 Å². The van der Waals surface area contributed by atoms with Crippen LogP contribution >= 0.6 is 0 Å². The Bertz CT molecular complexity index is 64.5. The summed E-state index contributed by atoms with van der Waals surface area (Å²) in [6, 6.07) is 0. The van der Waals surface area contributed by atoms with Crippen LogP contribution in [0.2, 0.25) is 0 Å². The molecule has 0 spiro atoms. The molecule has 1 nitrogen and oxygen atoms in total. The van der Waals surface area contributed by atoms with Gasteiger partial charge in [-0.1, -0.05) is 12.2 Å². The molecule has 0 aliphatic rings. The number of hydrogen-bond donors (Lipinski definition) is 0. The van der Waals surface area contributed by atoms with Crippen molar-refractivity contribution >= 4 is 5.78 Å². The van der Waals surface area contributed by atoms with Gasteiger partial charge in [0.15, 0.2) is 0 Å². The van der Waals surface area contributed by atoms with Gasteiger partial charge in [-0.2, -0.15) is 0 Å². The smallest absolute Gasteiger partial charge is 0.126 e. The monoisotopic (exact) mass is 114 g/mol. The maximum absolute atomic E-state index is 9.44. The molecule has 0 fully saturated rings. The van der Waals surface area contributed by atoms with Gasteiger partial charge >= 0.3 is 0 Å². The van der Waals surface area contributed by atoms with Crippen LogP contribution in [-0.4, -0.2) is 5.78 Å².